The first-order valence-electron chi connectivity index (χ1n) is 6.27. The maximum atomic E-state index is 11.6. The van der Waals surface area contributed by atoms with Gasteiger partial charge in [-0.25, -0.2) is 0 Å². The zero-order valence-corrected chi connectivity index (χ0v) is 18.1. The first-order chi connectivity index (χ1) is 8.94. The van der Waals surface area contributed by atoms with E-state index in [1.165, 1.54) is 0 Å². The molecule has 0 aromatic carbocycles. The minimum Gasteiger partial charge on any atom is -0.355 e. The fourth-order valence-electron chi connectivity index (χ4n) is 1.33. The Labute approximate surface area is 155 Å². The van der Waals surface area contributed by atoms with E-state index >= 15 is 0 Å². The van der Waals surface area contributed by atoms with Crippen LogP contribution >= 0.6 is 63.7 Å². The van der Waals surface area contributed by atoms with Gasteiger partial charge in [-0.3, -0.25) is 9.59 Å². The van der Waals surface area contributed by atoms with Crippen molar-refractivity contribution in [2.75, 3.05) is 13.1 Å². The van der Waals surface area contributed by atoms with Gasteiger partial charge in [0.15, 0.2) is 0 Å². The molecule has 0 aliphatic heterocycles. The van der Waals surface area contributed by atoms with E-state index in [4.69, 9.17) is 0 Å². The summed E-state index contributed by atoms with van der Waals surface area (Å²) in [6.45, 7) is 3.31. The zero-order valence-electron chi connectivity index (χ0n) is 11.7. The average Bonchev–Trinajstić information content (AvgIpc) is 2.28. The SMILES string of the molecule is BC(Br)(Br)C(=O)NCCCC(C)CNC(=O)C(B)(Br)Br. The summed E-state index contributed by atoms with van der Waals surface area (Å²) in [5.74, 6) is 0.178. The van der Waals surface area contributed by atoms with Crippen LogP contribution < -0.4 is 10.6 Å². The van der Waals surface area contributed by atoms with E-state index in [2.05, 4.69) is 81.3 Å². The van der Waals surface area contributed by atoms with Crippen LogP contribution in [0.4, 0.5) is 0 Å². The molecule has 0 saturated carbocycles. The third-order valence-electron chi connectivity index (χ3n) is 2.57. The quantitative estimate of drug-likeness (QED) is 0.272. The highest BCUT2D eigenvalue weighted by molar-refractivity contribution is 9.26. The van der Waals surface area contributed by atoms with Crippen molar-refractivity contribution in [3.8, 4) is 0 Å². The van der Waals surface area contributed by atoms with Crippen molar-refractivity contribution in [3.63, 3.8) is 0 Å². The van der Waals surface area contributed by atoms with Crippen molar-refractivity contribution in [1.29, 1.82) is 0 Å². The minimum atomic E-state index is -0.718. The molecule has 0 aromatic rings. The van der Waals surface area contributed by atoms with E-state index in [1.807, 2.05) is 0 Å². The molecule has 1 atom stereocenters. The molecule has 0 bridgehead atoms. The summed E-state index contributed by atoms with van der Waals surface area (Å²) in [4.78, 5) is 23.2. The van der Waals surface area contributed by atoms with Crippen molar-refractivity contribution in [3.05, 3.63) is 0 Å². The molecule has 114 valence electrons. The van der Waals surface area contributed by atoms with E-state index in [0.717, 1.165) is 12.8 Å². The molecule has 20 heavy (non-hydrogen) atoms. The van der Waals surface area contributed by atoms with Crippen molar-refractivity contribution in [2.45, 2.75) is 26.0 Å². The maximum absolute atomic E-state index is 11.6. The lowest BCUT2D eigenvalue weighted by Crippen LogP contribution is -2.40. The molecule has 10 heteroatoms. The Morgan fingerprint density at radius 3 is 1.95 bits per heavy atom. The second kappa shape index (κ2) is 9.20. The highest BCUT2D eigenvalue weighted by atomic mass is 79.9. The molecule has 0 aromatic heterocycles. The number of carbonyl (C=O) groups excluding carboxylic acids is 2. The molecule has 0 aliphatic rings. The Bertz CT molecular complexity index is 345. The molecule has 1 unspecified atom stereocenters. The molecule has 0 saturated heterocycles. The third-order valence-corrected chi connectivity index (χ3v) is 4.01. The standard InChI is InChI=1S/C10H18B2Br4N2O2/c1-6(5-18-8(20)10(12,15)16)3-2-4-17-7(19)9(11,13)14/h6H,2-5,11-12H2,1H3,(H,17,19)(H,18,20). The summed E-state index contributed by atoms with van der Waals surface area (Å²) in [5, 5.41) is 5.69. The molecule has 0 fully saturated rings. The Morgan fingerprint density at radius 1 is 1.05 bits per heavy atom. The van der Waals surface area contributed by atoms with Gasteiger partial charge in [0.2, 0.25) is 11.8 Å². The Balaban J connectivity index is 3.78. The topological polar surface area (TPSA) is 58.2 Å². The minimum absolute atomic E-state index is 0.0900. The molecule has 0 rings (SSSR count). The predicted octanol–water partition coefficient (Wildman–Crippen LogP) is 0.788. The molecule has 0 heterocycles. The van der Waals surface area contributed by atoms with Gasteiger partial charge < -0.3 is 10.6 Å². The van der Waals surface area contributed by atoms with Crippen LogP contribution in [0.3, 0.4) is 0 Å². The molecule has 4 nitrogen and oxygen atoms in total. The van der Waals surface area contributed by atoms with Crippen molar-refractivity contribution < 1.29 is 9.59 Å². The number of hydrogen-bond acceptors (Lipinski definition) is 2. The van der Waals surface area contributed by atoms with Gasteiger partial charge in [-0.1, -0.05) is 70.6 Å². The number of nitrogens with one attached hydrogen (secondary N) is 2. The van der Waals surface area contributed by atoms with Gasteiger partial charge >= 0.3 is 0 Å². The van der Waals surface area contributed by atoms with Crippen molar-refractivity contribution >= 4 is 91.2 Å². The summed E-state index contributed by atoms with van der Waals surface area (Å²) < 4.78 is -1.43. The normalized spacial score (nSPS) is 13.7. The van der Waals surface area contributed by atoms with Gasteiger partial charge in [-0.2, -0.15) is 0 Å². The first kappa shape index (κ1) is 21.0. The largest absolute Gasteiger partial charge is 0.355 e. The number of hydrogen-bond donors (Lipinski definition) is 2. The van der Waals surface area contributed by atoms with E-state index in [1.54, 1.807) is 15.7 Å². The van der Waals surface area contributed by atoms with Gasteiger partial charge in [-0.15, -0.1) is 0 Å². The summed E-state index contributed by atoms with van der Waals surface area (Å²) in [6, 6.07) is 0. The van der Waals surface area contributed by atoms with Crippen LogP contribution in [0, 0.1) is 5.92 Å². The van der Waals surface area contributed by atoms with Crippen LogP contribution in [-0.2, 0) is 9.59 Å². The average molecular weight is 540 g/mol. The highest BCUT2D eigenvalue weighted by Crippen LogP contribution is 2.22. The number of rotatable bonds is 8. The van der Waals surface area contributed by atoms with Crippen LogP contribution in [0.1, 0.15) is 19.8 Å². The lowest BCUT2D eigenvalue weighted by Gasteiger charge is -2.18. The van der Waals surface area contributed by atoms with Crippen LogP contribution in [0.2, 0.25) is 0 Å². The zero-order chi connectivity index (χ0) is 16.0. The van der Waals surface area contributed by atoms with E-state index < -0.39 is 6.27 Å². The summed E-state index contributed by atoms with van der Waals surface area (Å²) >= 11 is 12.9. The first-order valence-corrected chi connectivity index (χ1v) is 9.44. The summed E-state index contributed by atoms with van der Waals surface area (Å²) in [6.07, 6.45) is 1.81. The molecule has 0 aliphatic carbocycles. The molecular weight excluding hydrogens is 521 g/mol. The second-order valence-electron chi connectivity index (χ2n) is 4.99. The van der Waals surface area contributed by atoms with E-state index in [0.29, 0.717) is 19.0 Å². The summed E-state index contributed by atoms with van der Waals surface area (Å²) in [5.41, 5.74) is 0. The number of alkyl halides is 4. The van der Waals surface area contributed by atoms with Gasteiger partial charge in [0.05, 0.1) is 0 Å². The van der Waals surface area contributed by atoms with Crippen LogP contribution in [0.25, 0.3) is 0 Å². The fourth-order valence-corrected chi connectivity index (χ4v) is 1.89. The van der Waals surface area contributed by atoms with Gasteiger partial charge in [0, 0.05) is 13.1 Å². The molecular formula is C10H18B2Br4N2O2. The third kappa shape index (κ3) is 9.84. The predicted molar refractivity (Wildman–Crippen MR) is 103 cm³/mol. The molecule has 2 amide bonds. The Kier molecular flexibility index (Phi) is 9.66. The van der Waals surface area contributed by atoms with E-state index in [9.17, 15) is 9.59 Å². The smallest absolute Gasteiger partial charge is 0.238 e. The highest BCUT2D eigenvalue weighted by Gasteiger charge is 2.26. The van der Waals surface area contributed by atoms with Crippen LogP contribution in [-0.4, -0.2) is 46.9 Å². The lowest BCUT2D eigenvalue weighted by atomic mass is 10.0. The Morgan fingerprint density at radius 2 is 1.50 bits per heavy atom. The van der Waals surface area contributed by atoms with Gasteiger partial charge in [0.25, 0.3) is 0 Å². The monoisotopic (exact) mass is 536 g/mol. The number of halogens is 4. The number of carbonyl (C=O) groups is 2. The molecule has 0 spiro atoms. The Hall–Kier alpha value is 0.990. The molecule has 0 radical (unpaired) electrons. The number of amides is 2. The van der Waals surface area contributed by atoms with Gasteiger partial charge in [0.1, 0.15) is 22.0 Å². The lowest BCUT2D eigenvalue weighted by molar-refractivity contribution is -0.120. The van der Waals surface area contributed by atoms with Crippen molar-refractivity contribution in [1.82, 2.24) is 10.6 Å². The van der Waals surface area contributed by atoms with Crippen molar-refractivity contribution in [2.24, 2.45) is 5.92 Å². The van der Waals surface area contributed by atoms with Gasteiger partial charge in [-0.05, 0) is 18.8 Å². The molecule has 2 N–H and O–H groups in total. The van der Waals surface area contributed by atoms with Crippen LogP contribution in [0.5, 0.6) is 0 Å². The summed E-state index contributed by atoms with van der Waals surface area (Å²) in [7, 11) is 3.47. The van der Waals surface area contributed by atoms with Crippen LogP contribution in [0.15, 0.2) is 0 Å². The fraction of sp³-hybridized carbons (Fsp3) is 0.800. The van der Waals surface area contributed by atoms with E-state index in [-0.39, 0.29) is 11.8 Å². The second-order valence-corrected chi connectivity index (χ2v) is 13.5. The maximum Gasteiger partial charge on any atom is 0.238 e.